The molecule has 4 aromatic rings. The summed E-state index contributed by atoms with van der Waals surface area (Å²) in [7, 11) is 3.85. The zero-order valence-corrected chi connectivity index (χ0v) is 30.8. The van der Waals surface area contributed by atoms with E-state index in [1.807, 2.05) is 43.3 Å². The molecule has 0 saturated carbocycles. The molecule has 9 heteroatoms. The molecule has 3 N–H and O–H groups in total. The minimum atomic E-state index is -2.81. The number of benzene rings is 4. The quantitative estimate of drug-likeness (QED) is 0.0962. The Kier molecular flexibility index (Phi) is 13.3. The van der Waals surface area contributed by atoms with Crippen LogP contribution in [0.5, 0.6) is 5.75 Å². The Morgan fingerprint density at radius 2 is 1.15 bits per heavy atom. The van der Waals surface area contributed by atoms with Crippen molar-refractivity contribution in [1.82, 2.24) is 10.2 Å². The number of unbranched alkanes of at least 4 members (excludes halogenated alkanes) is 6. The predicted molar refractivity (Wildman–Crippen MR) is 209 cm³/mol. The number of nitrogens with one attached hydrogen (secondary N) is 1. The van der Waals surface area contributed by atoms with Gasteiger partial charge in [0.05, 0.1) is 0 Å². The van der Waals surface area contributed by atoms with Crippen LogP contribution in [0.15, 0.2) is 125 Å². The number of hydrogen-bond acceptors (Lipinski definition) is 6. The monoisotopic (exact) mass is 735 g/mol. The number of guanidine groups is 2. The van der Waals surface area contributed by atoms with Gasteiger partial charge in [-0.25, -0.2) is 9.98 Å². The van der Waals surface area contributed by atoms with Crippen molar-refractivity contribution in [3.63, 3.8) is 0 Å². The smallest absolute Gasteiger partial charge is 0.370 e. The molecule has 1 heterocycles. The number of rotatable bonds is 15. The summed E-state index contributed by atoms with van der Waals surface area (Å²) in [4.78, 5) is 10.9. The Bertz CT molecular complexity index is 1490. The topological polar surface area (TPSA) is 75.2 Å². The molecule has 1 aliphatic heterocycles. The van der Waals surface area contributed by atoms with Crippen LogP contribution < -0.4 is 31.7 Å². The van der Waals surface area contributed by atoms with Crippen LogP contribution in [0.1, 0.15) is 56.7 Å². The SMILES string of the molecule is CN(C)C1=NC(c2ccc(OCCCCCCCCCP(Br)(c3ccccc3)(c3ccccc3)c3ccccc3)cc2)N=C(N)N1.Cl. The second kappa shape index (κ2) is 17.1. The molecule has 1 atom stereocenters. The summed E-state index contributed by atoms with van der Waals surface area (Å²) in [5.41, 5.74) is 6.94. The summed E-state index contributed by atoms with van der Waals surface area (Å²) >= 11 is 4.58. The van der Waals surface area contributed by atoms with Crippen molar-refractivity contribution in [2.24, 2.45) is 15.7 Å². The Balaban J connectivity index is 0.00000500. The molecule has 250 valence electrons. The number of nitrogens with two attached hydrogens (primary N) is 1. The molecule has 47 heavy (non-hydrogen) atoms. The van der Waals surface area contributed by atoms with Crippen LogP contribution in [0.4, 0.5) is 0 Å². The van der Waals surface area contributed by atoms with Gasteiger partial charge in [0.1, 0.15) is 0 Å². The number of hydrogen-bond donors (Lipinski definition) is 2. The molecule has 0 aromatic heterocycles. The molecule has 0 amide bonds. The fourth-order valence-electron chi connectivity index (χ4n) is 6.20. The van der Waals surface area contributed by atoms with Crippen LogP contribution >= 0.6 is 33.2 Å². The Morgan fingerprint density at radius 1 is 0.681 bits per heavy atom. The van der Waals surface area contributed by atoms with E-state index in [0.29, 0.717) is 11.9 Å². The average molecular weight is 737 g/mol. The first-order valence-corrected chi connectivity index (χ1v) is 20.8. The Hall–Kier alpha value is -3.38. The van der Waals surface area contributed by atoms with E-state index in [1.165, 1.54) is 54.4 Å². The maximum absolute atomic E-state index is 6.03. The minimum absolute atomic E-state index is 0. The first-order valence-electron chi connectivity index (χ1n) is 16.4. The molecule has 5 rings (SSSR count). The fraction of sp³-hybridized carbons (Fsp3) is 0.316. The van der Waals surface area contributed by atoms with Gasteiger partial charge in [-0.3, -0.25) is 5.32 Å². The number of halogens is 2. The van der Waals surface area contributed by atoms with Crippen molar-refractivity contribution in [1.29, 1.82) is 0 Å². The van der Waals surface area contributed by atoms with Gasteiger partial charge in [0.25, 0.3) is 0 Å². The van der Waals surface area contributed by atoms with Crippen LogP contribution in [0, 0.1) is 0 Å². The van der Waals surface area contributed by atoms with E-state index in [1.54, 1.807) is 0 Å². The van der Waals surface area contributed by atoms with Gasteiger partial charge in [-0.05, 0) is 5.56 Å². The minimum Gasteiger partial charge on any atom is -0.370 e. The summed E-state index contributed by atoms with van der Waals surface area (Å²) in [6, 6.07) is 41.4. The van der Waals surface area contributed by atoms with Gasteiger partial charge in [0.15, 0.2) is 12.1 Å². The zero-order valence-electron chi connectivity index (χ0n) is 27.5. The van der Waals surface area contributed by atoms with Crippen LogP contribution in [0.25, 0.3) is 0 Å². The van der Waals surface area contributed by atoms with E-state index in [2.05, 4.69) is 122 Å². The molecule has 0 bridgehead atoms. The Morgan fingerprint density at radius 3 is 1.64 bits per heavy atom. The Labute approximate surface area is 295 Å². The van der Waals surface area contributed by atoms with Crippen molar-refractivity contribution < 1.29 is 4.74 Å². The van der Waals surface area contributed by atoms with Gasteiger partial charge >= 0.3 is 208 Å². The molecule has 6 nitrogen and oxygen atoms in total. The van der Waals surface area contributed by atoms with Gasteiger partial charge in [0.2, 0.25) is 5.96 Å². The van der Waals surface area contributed by atoms with Crippen molar-refractivity contribution in [2.75, 3.05) is 26.9 Å². The van der Waals surface area contributed by atoms with E-state index in [0.717, 1.165) is 30.5 Å². The van der Waals surface area contributed by atoms with Gasteiger partial charge in [-0.2, -0.15) is 0 Å². The molecule has 0 saturated heterocycles. The van der Waals surface area contributed by atoms with E-state index >= 15 is 0 Å². The van der Waals surface area contributed by atoms with Crippen LogP contribution in [-0.4, -0.2) is 43.7 Å². The first kappa shape index (κ1) is 36.5. The number of nitrogens with zero attached hydrogens (tertiary/aromatic N) is 3. The maximum atomic E-state index is 6.03. The summed E-state index contributed by atoms with van der Waals surface area (Å²) < 4.78 is 6.03. The molecule has 0 fully saturated rings. The molecule has 4 aromatic carbocycles. The van der Waals surface area contributed by atoms with Crippen molar-refractivity contribution in [3.05, 3.63) is 121 Å². The molecule has 1 aliphatic rings. The van der Waals surface area contributed by atoms with Gasteiger partial charge in [0, 0.05) is 14.1 Å². The second-order valence-corrected chi connectivity index (χ2v) is 21.2. The third-order valence-corrected chi connectivity index (χ3v) is 18.8. The third kappa shape index (κ3) is 8.76. The van der Waals surface area contributed by atoms with Crippen molar-refractivity contribution in [2.45, 2.75) is 51.1 Å². The van der Waals surface area contributed by atoms with Crippen LogP contribution in [0.3, 0.4) is 0 Å². The predicted octanol–water partition coefficient (Wildman–Crippen LogP) is 7.89. The molecule has 0 radical (unpaired) electrons. The van der Waals surface area contributed by atoms with E-state index in [-0.39, 0.29) is 18.6 Å². The molecule has 0 aliphatic carbocycles. The molecule has 1 unspecified atom stereocenters. The summed E-state index contributed by atoms with van der Waals surface area (Å²) in [5, 5.41) is 4.38. The van der Waals surface area contributed by atoms with Gasteiger partial charge in [-0.1, -0.05) is 12.1 Å². The van der Waals surface area contributed by atoms with E-state index in [9.17, 15) is 0 Å². The molecular formula is C38H48BrClN5OP. The fourth-order valence-corrected chi connectivity index (χ4v) is 14.0. The standard InChI is InChI=1S/C38H47BrN5OP.ClH/c1-44(2)38-42-36(41-37(40)43-38)31-25-27-32(28-26-31)45-29-17-6-4-3-5-7-18-30-46(39,33-19-11-8-12-20-33,34-21-13-9-14-22-34)35-23-15-10-16-24-35;/h8-16,19-28,36H,3-7,17-18,29-30H2,1-2H3,(H3,40,41,42,43);1H. The van der Waals surface area contributed by atoms with Gasteiger partial charge in [-0.15, -0.1) is 12.4 Å². The summed E-state index contributed by atoms with van der Waals surface area (Å²) in [6.45, 7) is 0.726. The summed E-state index contributed by atoms with van der Waals surface area (Å²) in [6.07, 6.45) is 9.14. The third-order valence-electron chi connectivity index (χ3n) is 8.72. The average Bonchev–Trinajstić information content (AvgIpc) is 3.10. The summed E-state index contributed by atoms with van der Waals surface area (Å²) in [5.74, 6) is 1.95. The van der Waals surface area contributed by atoms with E-state index < -0.39 is 5.31 Å². The van der Waals surface area contributed by atoms with Crippen molar-refractivity contribution in [3.8, 4) is 5.75 Å². The molecule has 0 spiro atoms. The number of aliphatic imine (C=N–C) groups is 2. The first-order chi connectivity index (χ1) is 22.4. The second-order valence-electron chi connectivity index (χ2n) is 12.2. The van der Waals surface area contributed by atoms with E-state index in [4.69, 9.17) is 10.5 Å². The zero-order chi connectivity index (χ0) is 32.3. The van der Waals surface area contributed by atoms with Crippen LogP contribution in [0.2, 0.25) is 0 Å². The van der Waals surface area contributed by atoms with Crippen molar-refractivity contribution >= 4 is 61.0 Å². The van der Waals surface area contributed by atoms with Gasteiger partial charge < -0.3 is 10.6 Å². The normalized spacial score (nSPS) is 15.2. The molecular weight excluding hydrogens is 689 g/mol. The van der Waals surface area contributed by atoms with Crippen LogP contribution in [-0.2, 0) is 0 Å². The number of ether oxygens (including phenoxy) is 1.